The number of anilines is 1. The van der Waals surface area contributed by atoms with Crippen molar-refractivity contribution in [3.63, 3.8) is 0 Å². The van der Waals surface area contributed by atoms with Gasteiger partial charge in [0.2, 0.25) is 5.91 Å². The number of hydrogen-bond donors (Lipinski definition) is 1. The number of hydrogen-bond acceptors (Lipinski definition) is 5. The quantitative estimate of drug-likeness (QED) is 0.881. The lowest BCUT2D eigenvalue weighted by molar-refractivity contribution is -0.255. The SMILES string of the molecule is CCc1cccc(CC)c1NC(=O)[C@@H](C)c1nc(C(=O)[O-])cs1. The average Bonchev–Trinajstić information content (AvgIpc) is 3.04. The van der Waals surface area contributed by atoms with Gasteiger partial charge in [0.25, 0.3) is 0 Å². The number of thiazole rings is 1. The Bertz CT molecular complexity index is 702. The van der Waals surface area contributed by atoms with Gasteiger partial charge < -0.3 is 15.2 Å². The molecule has 0 spiro atoms. The zero-order chi connectivity index (χ0) is 17.0. The Morgan fingerprint density at radius 2 is 1.87 bits per heavy atom. The number of carbonyl (C=O) groups is 2. The summed E-state index contributed by atoms with van der Waals surface area (Å²) < 4.78 is 0. The van der Waals surface area contributed by atoms with Crippen molar-refractivity contribution in [1.29, 1.82) is 0 Å². The summed E-state index contributed by atoms with van der Waals surface area (Å²) >= 11 is 1.15. The fraction of sp³-hybridized carbons (Fsp3) is 0.353. The molecule has 1 aromatic carbocycles. The summed E-state index contributed by atoms with van der Waals surface area (Å²) in [5.74, 6) is -2.05. The van der Waals surface area contributed by atoms with Crippen molar-refractivity contribution in [1.82, 2.24) is 4.98 Å². The predicted octanol–water partition coefficient (Wildman–Crippen LogP) is 2.37. The van der Waals surface area contributed by atoms with Crippen LogP contribution in [0, 0.1) is 0 Å². The molecule has 0 saturated heterocycles. The third-order valence-corrected chi connectivity index (χ3v) is 4.77. The number of nitrogens with zero attached hydrogens (tertiary/aromatic N) is 1. The van der Waals surface area contributed by atoms with Gasteiger partial charge in [-0.1, -0.05) is 32.0 Å². The van der Waals surface area contributed by atoms with Gasteiger partial charge >= 0.3 is 0 Å². The zero-order valence-electron chi connectivity index (χ0n) is 13.4. The number of carboxylic acids is 1. The molecule has 1 heterocycles. The van der Waals surface area contributed by atoms with E-state index in [0.717, 1.165) is 41.0 Å². The minimum atomic E-state index is -1.33. The number of aryl methyl sites for hydroxylation is 2. The second kappa shape index (κ2) is 7.37. The molecular weight excluding hydrogens is 312 g/mol. The molecule has 5 nitrogen and oxygen atoms in total. The normalized spacial score (nSPS) is 12.0. The molecule has 0 fully saturated rings. The van der Waals surface area contributed by atoms with Crippen molar-refractivity contribution >= 4 is 28.9 Å². The monoisotopic (exact) mass is 331 g/mol. The molecule has 2 aromatic rings. The van der Waals surface area contributed by atoms with Crippen LogP contribution in [0.5, 0.6) is 0 Å². The van der Waals surface area contributed by atoms with Crippen LogP contribution in [0.2, 0.25) is 0 Å². The Balaban J connectivity index is 2.22. The fourth-order valence-corrected chi connectivity index (χ4v) is 3.17. The first kappa shape index (κ1) is 17.1. The smallest absolute Gasteiger partial charge is 0.234 e. The van der Waals surface area contributed by atoms with Crippen LogP contribution in [-0.4, -0.2) is 16.9 Å². The number of benzene rings is 1. The van der Waals surface area contributed by atoms with E-state index >= 15 is 0 Å². The van der Waals surface area contributed by atoms with E-state index in [4.69, 9.17) is 0 Å². The Hall–Kier alpha value is -2.21. The van der Waals surface area contributed by atoms with E-state index < -0.39 is 11.9 Å². The van der Waals surface area contributed by atoms with Gasteiger partial charge in [0.1, 0.15) is 5.01 Å². The fourth-order valence-electron chi connectivity index (χ4n) is 2.33. The van der Waals surface area contributed by atoms with Crippen LogP contribution in [0.15, 0.2) is 23.6 Å². The first-order valence-corrected chi connectivity index (χ1v) is 8.44. The van der Waals surface area contributed by atoms with Gasteiger partial charge in [-0.25, -0.2) is 4.98 Å². The summed E-state index contributed by atoms with van der Waals surface area (Å²) in [5.41, 5.74) is 2.89. The van der Waals surface area contributed by atoms with E-state index in [1.54, 1.807) is 6.92 Å². The standard InChI is InChI=1S/C17H20N2O3S/c1-4-11-7-6-8-12(5-2)14(11)19-15(20)10(3)16-18-13(9-23-16)17(21)22/h6-10H,4-5H2,1-3H3,(H,19,20)(H,21,22)/p-1/t10-/m1/s1. The van der Waals surface area contributed by atoms with E-state index in [-0.39, 0.29) is 11.6 Å². The van der Waals surface area contributed by atoms with Crippen LogP contribution in [0.4, 0.5) is 5.69 Å². The van der Waals surface area contributed by atoms with Crippen LogP contribution >= 0.6 is 11.3 Å². The minimum absolute atomic E-state index is 0.132. The van der Waals surface area contributed by atoms with E-state index in [2.05, 4.69) is 10.3 Å². The van der Waals surface area contributed by atoms with Gasteiger partial charge in [-0.15, -0.1) is 11.3 Å². The zero-order valence-corrected chi connectivity index (χ0v) is 14.2. The maximum Gasteiger partial charge on any atom is 0.234 e. The molecule has 0 bridgehead atoms. The van der Waals surface area contributed by atoms with Crippen LogP contribution in [0.3, 0.4) is 0 Å². The number of nitrogens with one attached hydrogen (secondary N) is 1. The minimum Gasteiger partial charge on any atom is -0.543 e. The lowest BCUT2D eigenvalue weighted by Crippen LogP contribution is -2.23. The van der Waals surface area contributed by atoms with Gasteiger partial charge in [0.15, 0.2) is 0 Å². The molecule has 2 rings (SSSR count). The summed E-state index contributed by atoms with van der Waals surface area (Å²) in [6.45, 7) is 5.80. The largest absolute Gasteiger partial charge is 0.543 e. The highest BCUT2D eigenvalue weighted by atomic mass is 32.1. The van der Waals surface area contributed by atoms with E-state index in [0.29, 0.717) is 5.01 Å². The second-order valence-corrected chi connectivity index (χ2v) is 6.12. The molecule has 23 heavy (non-hydrogen) atoms. The molecule has 1 amide bonds. The van der Waals surface area contributed by atoms with Crippen molar-refractivity contribution in [2.24, 2.45) is 0 Å². The van der Waals surface area contributed by atoms with Crippen LogP contribution in [0.25, 0.3) is 0 Å². The summed E-state index contributed by atoms with van der Waals surface area (Å²) in [6.07, 6.45) is 1.65. The van der Waals surface area contributed by atoms with Crippen molar-refractivity contribution < 1.29 is 14.7 Å². The van der Waals surface area contributed by atoms with Crippen LogP contribution in [0.1, 0.15) is 53.3 Å². The number of carboxylic acid groups (broad SMARTS) is 1. The van der Waals surface area contributed by atoms with E-state index in [9.17, 15) is 14.7 Å². The van der Waals surface area contributed by atoms with E-state index in [1.165, 1.54) is 5.38 Å². The molecule has 1 atom stereocenters. The number of rotatable bonds is 6. The maximum atomic E-state index is 12.5. The molecule has 6 heteroatoms. The van der Waals surface area contributed by atoms with Gasteiger partial charge in [0, 0.05) is 11.1 Å². The van der Waals surface area contributed by atoms with Crippen LogP contribution < -0.4 is 10.4 Å². The van der Waals surface area contributed by atoms with Crippen LogP contribution in [-0.2, 0) is 17.6 Å². The highest BCUT2D eigenvalue weighted by Crippen LogP contribution is 2.26. The summed E-state index contributed by atoms with van der Waals surface area (Å²) in [4.78, 5) is 27.3. The topological polar surface area (TPSA) is 82.1 Å². The van der Waals surface area contributed by atoms with Gasteiger partial charge in [-0.2, -0.15) is 0 Å². The lowest BCUT2D eigenvalue weighted by Gasteiger charge is -2.16. The number of carbonyl (C=O) groups excluding carboxylic acids is 2. The average molecular weight is 331 g/mol. The molecule has 0 saturated carbocycles. The summed E-state index contributed by atoms with van der Waals surface area (Å²) in [5, 5.41) is 15.6. The van der Waals surface area contributed by atoms with Gasteiger partial charge in [0.05, 0.1) is 17.6 Å². The number of aromatic nitrogens is 1. The molecule has 0 radical (unpaired) electrons. The number of aromatic carboxylic acids is 1. The third kappa shape index (κ3) is 3.76. The Labute approximate surface area is 139 Å². The van der Waals surface area contributed by atoms with Crippen molar-refractivity contribution in [3.05, 3.63) is 45.4 Å². The molecule has 122 valence electrons. The lowest BCUT2D eigenvalue weighted by atomic mass is 10.0. The summed E-state index contributed by atoms with van der Waals surface area (Å²) in [6, 6.07) is 5.98. The van der Waals surface area contributed by atoms with Crippen molar-refractivity contribution in [3.8, 4) is 0 Å². The highest BCUT2D eigenvalue weighted by molar-refractivity contribution is 7.10. The number of amides is 1. The number of para-hydroxylation sites is 1. The van der Waals surface area contributed by atoms with Crippen molar-refractivity contribution in [2.75, 3.05) is 5.32 Å². The molecule has 1 N–H and O–H groups in total. The van der Waals surface area contributed by atoms with Gasteiger partial charge in [-0.3, -0.25) is 4.79 Å². The third-order valence-electron chi connectivity index (χ3n) is 3.74. The highest BCUT2D eigenvalue weighted by Gasteiger charge is 2.21. The Kier molecular flexibility index (Phi) is 5.50. The molecule has 0 aliphatic heterocycles. The summed E-state index contributed by atoms with van der Waals surface area (Å²) in [7, 11) is 0. The molecular formula is C17H19N2O3S-. The Morgan fingerprint density at radius 3 is 2.35 bits per heavy atom. The van der Waals surface area contributed by atoms with Gasteiger partial charge in [-0.05, 0) is 30.9 Å². The molecule has 0 aliphatic rings. The van der Waals surface area contributed by atoms with E-state index in [1.807, 2.05) is 32.0 Å². The Morgan fingerprint density at radius 1 is 1.26 bits per heavy atom. The molecule has 0 aliphatic carbocycles. The second-order valence-electron chi connectivity index (χ2n) is 5.23. The first-order chi connectivity index (χ1) is 11.0. The predicted molar refractivity (Wildman–Crippen MR) is 88.7 cm³/mol. The first-order valence-electron chi connectivity index (χ1n) is 7.56. The molecule has 1 aromatic heterocycles. The van der Waals surface area contributed by atoms with Crippen molar-refractivity contribution in [2.45, 2.75) is 39.5 Å². The molecule has 0 unspecified atom stereocenters. The maximum absolute atomic E-state index is 12.5.